The van der Waals surface area contributed by atoms with Crippen molar-refractivity contribution < 1.29 is 18.8 Å². The number of halogens is 1. The first kappa shape index (κ1) is 29.6. The molecule has 2 aromatic rings. The summed E-state index contributed by atoms with van der Waals surface area (Å²) in [5.74, 6) is -0.468. The van der Waals surface area contributed by atoms with Gasteiger partial charge in [-0.2, -0.15) is 0 Å². The van der Waals surface area contributed by atoms with Crippen LogP contribution in [0.2, 0.25) is 0 Å². The molecule has 40 heavy (non-hydrogen) atoms. The Balaban J connectivity index is 1.34. The van der Waals surface area contributed by atoms with E-state index in [-0.39, 0.29) is 36.6 Å². The number of amides is 3. The maximum atomic E-state index is 13.9. The Morgan fingerprint density at radius 2 is 1.55 bits per heavy atom. The quantitative estimate of drug-likeness (QED) is 0.346. The second-order valence-corrected chi connectivity index (χ2v) is 11.1. The summed E-state index contributed by atoms with van der Waals surface area (Å²) in [7, 11) is 0. The van der Waals surface area contributed by atoms with Gasteiger partial charge in [0.1, 0.15) is 17.9 Å². The number of para-hydroxylation sites is 1. The highest BCUT2D eigenvalue weighted by Crippen LogP contribution is 2.39. The lowest BCUT2D eigenvalue weighted by Crippen LogP contribution is -2.57. The molecule has 3 amide bonds. The van der Waals surface area contributed by atoms with Crippen molar-refractivity contribution in [2.75, 3.05) is 31.2 Å². The number of rotatable bonds is 13. The predicted octanol–water partition coefficient (Wildman–Crippen LogP) is 5.25. The molecule has 0 saturated carbocycles. The Bertz CT molecular complexity index is 1120. The number of carbonyl (C=O) groups is 3. The summed E-state index contributed by atoms with van der Waals surface area (Å²) in [5, 5.41) is 2.85. The highest BCUT2D eigenvalue weighted by atomic mass is 19.1. The normalized spacial score (nSPS) is 16.6. The summed E-state index contributed by atoms with van der Waals surface area (Å²) in [6.45, 7) is 3.82. The average molecular weight is 551 g/mol. The molecule has 0 aromatic heterocycles. The summed E-state index contributed by atoms with van der Waals surface area (Å²) < 4.78 is 13.2. The van der Waals surface area contributed by atoms with Crippen LogP contribution in [-0.2, 0) is 20.9 Å². The van der Waals surface area contributed by atoms with Gasteiger partial charge in [0.2, 0.25) is 11.8 Å². The van der Waals surface area contributed by atoms with Crippen LogP contribution in [0, 0.1) is 5.82 Å². The number of nitrogens with one attached hydrogen (secondary N) is 1. The Labute approximate surface area is 237 Å². The van der Waals surface area contributed by atoms with Crippen molar-refractivity contribution in [2.45, 2.75) is 83.2 Å². The average Bonchev–Trinajstić information content (AvgIpc) is 3.23. The van der Waals surface area contributed by atoms with E-state index in [0.29, 0.717) is 39.0 Å². The summed E-state index contributed by atoms with van der Waals surface area (Å²) in [4.78, 5) is 45.2. The lowest BCUT2D eigenvalue weighted by atomic mass is 9.85. The number of piperidine rings is 1. The summed E-state index contributed by atoms with van der Waals surface area (Å²) in [6, 6.07) is 15.8. The van der Waals surface area contributed by atoms with Crippen LogP contribution < -0.4 is 10.2 Å². The molecule has 2 saturated heterocycles. The number of carbonyl (C=O) groups excluding carboxylic acids is 3. The highest BCUT2D eigenvalue weighted by molar-refractivity contribution is 5.96. The van der Waals surface area contributed by atoms with Crippen molar-refractivity contribution in [3.63, 3.8) is 0 Å². The molecule has 2 aliphatic heterocycles. The second kappa shape index (κ2) is 14.3. The van der Waals surface area contributed by atoms with Crippen LogP contribution in [0.3, 0.4) is 0 Å². The second-order valence-electron chi connectivity index (χ2n) is 11.1. The third kappa shape index (κ3) is 7.40. The SMILES string of the molecule is CCCCCCCCCC(=O)N1CCC2(CC1)C(=O)N(CC(=O)NCc1ccc(F)cc1)CN2c1ccccc1. The van der Waals surface area contributed by atoms with Gasteiger partial charge >= 0.3 is 0 Å². The molecule has 0 unspecified atom stereocenters. The van der Waals surface area contributed by atoms with Gasteiger partial charge in [0, 0.05) is 31.7 Å². The van der Waals surface area contributed by atoms with Crippen molar-refractivity contribution >= 4 is 23.4 Å². The zero-order valence-electron chi connectivity index (χ0n) is 23.7. The summed E-state index contributed by atoms with van der Waals surface area (Å²) in [6.07, 6.45) is 9.88. The summed E-state index contributed by atoms with van der Waals surface area (Å²) >= 11 is 0. The van der Waals surface area contributed by atoms with Crippen molar-refractivity contribution in [2.24, 2.45) is 0 Å². The van der Waals surface area contributed by atoms with Crippen LogP contribution in [0.15, 0.2) is 54.6 Å². The van der Waals surface area contributed by atoms with Gasteiger partial charge in [-0.05, 0) is 49.1 Å². The first-order chi connectivity index (χ1) is 19.4. The van der Waals surface area contributed by atoms with Crippen LogP contribution in [-0.4, -0.2) is 59.4 Å². The zero-order valence-corrected chi connectivity index (χ0v) is 23.7. The monoisotopic (exact) mass is 550 g/mol. The molecule has 2 aromatic carbocycles. The molecule has 2 aliphatic rings. The molecular weight excluding hydrogens is 507 g/mol. The van der Waals surface area contributed by atoms with Gasteiger partial charge in [-0.1, -0.05) is 75.8 Å². The molecule has 1 N–H and O–H groups in total. The lowest BCUT2D eigenvalue weighted by molar-refractivity contribution is -0.140. The molecule has 2 heterocycles. The molecule has 0 radical (unpaired) electrons. The molecule has 2 fully saturated rings. The molecule has 8 heteroatoms. The molecule has 0 aliphatic carbocycles. The third-order valence-electron chi connectivity index (χ3n) is 8.26. The van der Waals surface area contributed by atoms with Crippen LogP contribution >= 0.6 is 0 Å². The van der Waals surface area contributed by atoms with Crippen molar-refractivity contribution in [1.82, 2.24) is 15.1 Å². The fourth-order valence-corrected chi connectivity index (χ4v) is 5.87. The first-order valence-corrected chi connectivity index (χ1v) is 14.8. The van der Waals surface area contributed by atoms with E-state index in [1.165, 1.54) is 44.2 Å². The van der Waals surface area contributed by atoms with E-state index >= 15 is 0 Å². The van der Waals surface area contributed by atoms with E-state index in [2.05, 4.69) is 17.1 Å². The van der Waals surface area contributed by atoms with Gasteiger partial charge in [0.25, 0.3) is 5.91 Å². The van der Waals surface area contributed by atoms with Gasteiger partial charge in [0.05, 0.1) is 6.67 Å². The standard InChI is InChI=1S/C32H43FN4O3/c1-2-3-4-5-6-7-11-14-30(39)35-21-19-32(20-22-35)31(40)36(25-37(32)28-12-9-8-10-13-28)24-29(38)34-23-26-15-17-27(33)18-16-26/h8-10,12-13,15-18H,2-7,11,14,19-25H2,1H3,(H,34,38). The van der Waals surface area contributed by atoms with Crippen molar-refractivity contribution in [1.29, 1.82) is 0 Å². The van der Waals surface area contributed by atoms with E-state index in [4.69, 9.17) is 0 Å². The van der Waals surface area contributed by atoms with Gasteiger partial charge in [-0.3, -0.25) is 14.4 Å². The van der Waals surface area contributed by atoms with E-state index in [1.54, 1.807) is 17.0 Å². The first-order valence-electron chi connectivity index (χ1n) is 14.8. The van der Waals surface area contributed by atoms with Gasteiger partial charge in [-0.25, -0.2) is 4.39 Å². The van der Waals surface area contributed by atoms with E-state index in [1.807, 2.05) is 35.2 Å². The number of benzene rings is 2. The topological polar surface area (TPSA) is 73.0 Å². The predicted molar refractivity (Wildman–Crippen MR) is 155 cm³/mol. The maximum Gasteiger partial charge on any atom is 0.250 e. The van der Waals surface area contributed by atoms with E-state index in [9.17, 15) is 18.8 Å². The number of hydrogen-bond donors (Lipinski definition) is 1. The number of nitrogens with zero attached hydrogens (tertiary/aromatic N) is 3. The summed E-state index contributed by atoms with van der Waals surface area (Å²) in [5.41, 5.74) is 0.959. The van der Waals surface area contributed by atoms with E-state index < -0.39 is 5.54 Å². The minimum absolute atomic E-state index is 0.0496. The molecule has 0 atom stereocenters. The Hall–Kier alpha value is -3.42. The Morgan fingerprint density at radius 1 is 0.900 bits per heavy atom. The number of anilines is 1. The van der Waals surface area contributed by atoms with Crippen molar-refractivity contribution in [3.8, 4) is 0 Å². The third-order valence-corrected chi connectivity index (χ3v) is 8.26. The molecular formula is C32H43FN4O3. The number of hydrogen-bond acceptors (Lipinski definition) is 4. The maximum absolute atomic E-state index is 13.9. The minimum Gasteiger partial charge on any atom is -0.350 e. The fourth-order valence-electron chi connectivity index (χ4n) is 5.87. The largest absolute Gasteiger partial charge is 0.350 e. The lowest BCUT2D eigenvalue weighted by Gasteiger charge is -2.43. The Morgan fingerprint density at radius 3 is 2.23 bits per heavy atom. The van der Waals surface area contributed by atoms with Crippen LogP contribution in [0.4, 0.5) is 10.1 Å². The van der Waals surface area contributed by atoms with Gasteiger partial charge < -0.3 is 20.0 Å². The van der Waals surface area contributed by atoms with E-state index in [0.717, 1.165) is 24.1 Å². The van der Waals surface area contributed by atoms with Crippen LogP contribution in [0.25, 0.3) is 0 Å². The molecule has 4 rings (SSSR count). The fraction of sp³-hybridized carbons (Fsp3) is 0.531. The molecule has 0 bridgehead atoms. The number of likely N-dealkylation sites (tertiary alicyclic amines) is 1. The Kier molecular flexibility index (Phi) is 10.6. The highest BCUT2D eigenvalue weighted by Gasteiger charge is 2.54. The van der Waals surface area contributed by atoms with Gasteiger partial charge in [-0.15, -0.1) is 0 Å². The zero-order chi connectivity index (χ0) is 28.4. The molecule has 1 spiro atoms. The number of unbranched alkanes of at least 4 members (excludes halogenated alkanes) is 6. The van der Waals surface area contributed by atoms with Crippen molar-refractivity contribution in [3.05, 3.63) is 66.0 Å². The smallest absolute Gasteiger partial charge is 0.250 e. The van der Waals surface area contributed by atoms with Crippen LogP contribution in [0.1, 0.15) is 76.7 Å². The molecule has 216 valence electrons. The minimum atomic E-state index is -0.769. The van der Waals surface area contributed by atoms with Crippen LogP contribution in [0.5, 0.6) is 0 Å². The van der Waals surface area contributed by atoms with Gasteiger partial charge in [0.15, 0.2) is 0 Å². The molecule has 7 nitrogen and oxygen atoms in total.